The predicted molar refractivity (Wildman–Crippen MR) is 67.8 cm³/mol. The lowest BCUT2D eigenvalue weighted by Gasteiger charge is -2.17. The lowest BCUT2D eigenvalue weighted by Crippen LogP contribution is -2.15. The Morgan fingerprint density at radius 1 is 1.35 bits per heavy atom. The molecule has 0 aliphatic carbocycles. The Morgan fingerprint density at radius 2 is 2.00 bits per heavy atom. The molecule has 4 nitrogen and oxygen atoms in total. The molecular formula is C12H12N2O2S. The van der Waals surface area contributed by atoms with Crippen molar-refractivity contribution in [1.29, 1.82) is 0 Å². The monoisotopic (exact) mass is 248 g/mol. The molecule has 0 bridgehead atoms. The number of H-pyrrole nitrogens is 1. The zero-order chi connectivity index (χ0) is 12.4. The number of nitrogens with one attached hydrogen (secondary N) is 1. The average Bonchev–Trinajstić information content (AvgIpc) is 2.28. The summed E-state index contributed by atoms with van der Waals surface area (Å²) in [5.74, 6) is -0.130. The summed E-state index contributed by atoms with van der Waals surface area (Å²) < 4.78 is 1.72. The summed E-state index contributed by atoms with van der Waals surface area (Å²) in [6.07, 6.45) is 0. The minimum atomic E-state index is -0.399. The molecule has 1 atom stereocenters. The predicted octanol–water partition coefficient (Wildman–Crippen LogP) is 2.22. The van der Waals surface area contributed by atoms with Crippen molar-refractivity contribution < 1.29 is 5.11 Å². The third-order valence-corrected chi connectivity index (χ3v) is 2.92. The van der Waals surface area contributed by atoms with Crippen molar-refractivity contribution in [3.63, 3.8) is 0 Å². The lowest BCUT2D eigenvalue weighted by atomic mass is 10.1. The quantitative estimate of drug-likeness (QED) is 0.801. The average molecular weight is 248 g/mol. The van der Waals surface area contributed by atoms with E-state index in [1.807, 2.05) is 37.3 Å². The van der Waals surface area contributed by atoms with Crippen LogP contribution >= 0.6 is 12.2 Å². The molecule has 1 aromatic heterocycles. The van der Waals surface area contributed by atoms with Gasteiger partial charge in [-0.2, -0.15) is 0 Å². The van der Waals surface area contributed by atoms with E-state index in [1.54, 1.807) is 0 Å². The van der Waals surface area contributed by atoms with Crippen LogP contribution in [0.4, 0.5) is 0 Å². The first kappa shape index (κ1) is 11.6. The van der Waals surface area contributed by atoms with Gasteiger partial charge in [0, 0.05) is 0 Å². The number of aromatic amines is 1. The highest BCUT2D eigenvalue weighted by Gasteiger charge is 2.11. The maximum atomic E-state index is 11.1. The van der Waals surface area contributed by atoms with Gasteiger partial charge in [0.2, 0.25) is 0 Å². The molecule has 88 valence electrons. The van der Waals surface area contributed by atoms with Crippen LogP contribution in [0.25, 0.3) is 0 Å². The lowest BCUT2D eigenvalue weighted by molar-refractivity contribution is 0.393. The van der Waals surface area contributed by atoms with E-state index in [0.29, 0.717) is 0 Å². The summed E-state index contributed by atoms with van der Waals surface area (Å²) in [5.41, 5.74) is 0.606. The molecule has 17 heavy (non-hydrogen) atoms. The van der Waals surface area contributed by atoms with Crippen LogP contribution in [0, 0.1) is 4.77 Å². The minimum Gasteiger partial charge on any atom is -0.494 e. The zero-order valence-corrected chi connectivity index (χ0v) is 10.1. The summed E-state index contributed by atoms with van der Waals surface area (Å²) in [6, 6.07) is 10.6. The molecule has 0 saturated heterocycles. The summed E-state index contributed by atoms with van der Waals surface area (Å²) in [4.78, 5) is 13.6. The van der Waals surface area contributed by atoms with Crippen molar-refractivity contribution in [3.05, 3.63) is 57.1 Å². The Morgan fingerprint density at radius 3 is 2.59 bits per heavy atom. The van der Waals surface area contributed by atoms with E-state index in [-0.39, 0.29) is 16.7 Å². The van der Waals surface area contributed by atoms with Gasteiger partial charge >= 0.3 is 0 Å². The Bertz CT molecular complexity index is 631. The van der Waals surface area contributed by atoms with Gasteiger partial charge in [-0.3, -0.25) is 14.3 Å². The summed E-state index contributed by atoms with van der Waals surface area (Å²) in [6.45, 7) is 1.91. The van der Waals surface area contributed by atoms with E-state index in [0.717, 1.165) is 11.6 Å². The topological polar surface area (TPSA) is 58.0 Å². The van der Waals surface area contributed by atoms with Crippen LogP contribution in [0.3, 0.4) is 0 Å². The Labute approximate surface area is 103 Å². The normalized spacial score (nSPS) is 12.3. The van der Waals surface area contributed by atoms with Crippen molar-refractivity contribution in [2.24, 2.45) is 0 Å². The maximum Gasteiger partial charge on any atom is 0.255 e. The van der Waals surface area contributed by atoms with E-state index in [9.17, 15) is 9.90 Å². The summed E-state index contributed by atoms with van der Waals surface area (Å²) >= 11 is 5.05. The number of aromatic nitrogens is 2. The smallest absolute Gasteiger partial charge is 0.255 e. The molecular weight excluding hydrogens is 236 g/mol. The molecule has 1 aromatic carbocycles. The second-order valence-electron chi connectivity index (χ2n) is 3.75. The molecule has 5 heteroatoms. The van der Waals surface area contributed by atoms with Crippen LogP contribution in [0.2, 0.25) is 0 Å². The van der Waals surface area contributed by atoms with E-state index in [2.05, 4.69) is 4.98 Å². The first-order valence-corrected chi connectivity index (χ1v) is 5.60. The van der Waals surface area contributed by atoms with Crippen molar-refractivity contribution in [2.45, 2.75) is 13.0 Å². The molecule has 0 fully saturated rings. The van der Waals surface area contributed by atoms with Gasteiger partial charge in [-0.1, -0.05) is 30.3 Å². The van der Waals surface area contributed by atoms with Crippen molar-refractivity contribution in [1.82, 2.24) is 9.55 Å². The van der Waals surface area contributed by atoms with Gasteiger partial charge in [-0.15, -0.1) is 0 Å². The fourth-order valence-electron chi connectivity index (χ4n) is 1.75. The number of nitrogens with zero attached hydrogens (tertiary/aromatic N) is 1. The second-order valence-corrected chi connectivity index (χ2v) is 4.14. The zero-order valence-electron chi connectivity index (χ0n) is 9.25. The molecule has 0 spiro atoms. The van der Waals surface area contributed by atoms with Crippen molar-refractivity contribution >= 4 is 12.2 Å². The van der Waals surface area contributed by atoms with Gasteiger partial charge in [0.05, 0.1) is 12.1 Å². The first-order chi connectivity index (χ1) is 8.09. The van der Waals surface area contributed by atoms with Gasteiger partial charge in [0.25, 0.3) is 5.56 Å². The Kier molecular flexibility index (Phi) is 3.10. The molecule has 2 aromatic rings. The maximum absolute atomic E-state index is 11.1. The number of hydrogen-bond donors (Lipinski definition) is 2. The van der Waals surface area contributed by atoms with Crippen LogP contribution < -0.4 is 5.56 Å². The summed E-state index contributed by atoms with van der Waals surface area (Å²) in [5, 5.41) is 9.78. The number of aromatic hydroxyl groups is 1. The number of rotatable bonds is 2. The third kappa shape index (κ3) is 2.29. The molecule has 0 radical (unpaired) electrons. The van der Waals surface area contributed by atoms with Crippen LogP contribution in [-0.4, -0.2) is 14.7 Å². The number of benzene rings is 1. The molecule has 2 rings (SSSR count). The van der Waals surface area contributed by atoms with Crippen molar-refractivity contribution in [2.75, 3.05) is 0 Å². The molecule has 0 aliphatic heterocycles. The van der Waals surface area contributed by atoms with Crippen LogP contribution in [0.1, 0.15) is 18.5 Å². The van der Waals surface area contributed by atoms with Gasteiger partial charge < -0.3 is 5.11 Å². The Hall–Kier alpha value is -1.88. The third-order valence-electron chi connectivity index (χ3n) is 2.63. The van der Waals surface area contributed by atoms with Gasteiger partial charge in [-0.25, -0.2) is 0 Å². The standard InChI is InChI=1S/C12H12N2O2S/c1-8(9-5-3-2-4-6-9)14-11(16)7-10(15)13-12(14)17/h2-8,16H,1H3,(H,13,15,17). The highest BCUT2D eigenvalue weighted by Crippen LogP contribution is 2.21. The molecule has 0 saturated carbocycles. The van der Waals surface area contributed by atoms with Gasteiger partial charge in [0.1, 0.15) is 0 Å². The Balaban J connectivity index is 2.56. The SMILES string of the molecule is CC(c1ccccc1)n1c(O)cc(=O)[nH]c1=S. The molecule has 1 unspecified atom stereocenters. The van der Waals surface area contributed by atoms with Crippen LogP contribution in [0.15, 0.2) is 41.2 Å². The fourth-order valence-corrected chi connectivity index (χ4v) is 2.10. The summed E-state index contributed by atoms with van der Waals surface area (Å²) in [7, 11) is 0. The second kappa shape index (κ2) is 4.55. The minimum absolute atomic E-state index is 0.130. The first-order valence-electron chi connectivity index (χ1n) is 5.19. The van der Waals surface area contributed by atoms with E-state index < -0.39 is 5.56 Å². The van der Waals surface area contributed by atoms with Gasteiger partial charge in [0.15, 0.2) is 10.7 Å². The molecule has 0 amide bonds. The van der Waals surface area contributed by atoms with Gasteiger partial charge in [-0.05, 0) is 24.7 Å². The molecule has 1 heterocycles. The van der Waals surface area contributed by atoms with Crippen LogP contribution in [-0.2, 0) is 0 Å². The van der Waals surface area contributed by atoms with E-state index >= 15 is 0 Å². The van der Waals surface area contributed by atoms with Crippen LogP contribution in [0.5, 0.6) is 5.88 Å². The highest BCUT2D eigenvalue weighted by atomic mass is 32.1. The highest BCUT2D eigenvalue weighted by molar-refractivity contribution is 7.71. The van der Waals surface area contributed by atoms with Crippen molar-refractivity contribution in [3.8, 4) is 5.88 Å². The number of hydrogen-bond acceptors (Lipinski definition) is 3. The molecule has 2 N–H and O–H groups in total. The fraction of sp³-hybridized carbons (Fsp3) is 0.167. The van der Waals surface area contributed by atoms with E-state index in [4.69, 9.17) is 12.2 Å². The largest absolute Gasteiger partial charge is 0.494 e. The molecule has 0 aliphatic rings. The van der Waals surface area contributed by atoms with E-state index in [1.165, 1.54) is 4.57 Å².